The number of amides is 1. The van der Waals surface area contributed by atoms with Crippen LogP contribution in [-0.4, -0.2) is 45.6 Å². The third kappa shape index (κ3) is 4.77. The van der Waals surface area contributed by atoms with Crippen molar-refractivity contribution in [2.45, 2.75) is 32.9 Å². The molecule has 0 spiro atoms. The summed E-state index contributed by atoms with van der Waals surface area (Å²) in [7, 11) is 4.12. The van der Waals surface area contributed by atoms with Crippen LogP contribution in [0.4, 0.5) is 5.69 Å². The molecule has 0 aliphatic heterocycles. The maximum absolute atomic E-state index is 12.9. The Morgan fingerprint density at radius 3 is 2.63 bits per heavy atom. The predicted molar refractivity (Wildman–Crippen MR) is 110 cm³/mol. The number of anilines is 1. The molecule has 2 heterocycles. The Bertz CT molecular complexity index is 879. The molecule has 0 bridgehead atoms. The van der Waals surface area contributed by atoms with Crippen LogP contribution < -0.4 is 5.32 Å². The molecule has 1 atom stereocenters. The number of carbonyl (C=O) groups excluding carboxylic acids is 1. The normalized spacial score (nSPS) is 12.8. The van der Waals surface area contributed by atoms with Crippen molar-refractivity contribution in [3.05, 3.63) is 49.1 Å². The van der Waals surface area contributed by atoms with Gasteiger partial charge in [-0.15, -0.1) is 0 Å². The molecule has 3 aromatic rings. The molecule has 1 amide bonds. The summed E-state index contributed by atoms with van der Waals surface area (Å²) in [6, 6.07) is 9.62. The molecule has 144 valence electrons. The molecule has 0 unspecified atom stereocenters. The van der Waals surface area contributed by atoms with E-state index >= 15 is 0 Å². The van der Waals surface area contributed by atoms with Crippen LogP contribution in [0.25, 0.3) is 11.0 Å². The Labute approximate surface area is 160 Å². The van der Waals surface area contributed by atoms with Gasteiger partial charge in [0.2, 0.25) is 5.91 Å². The van der Waals surface area contributed by atoms with E-state index in [9.17, 15) is 4.79 Å². The summed E-state index contributed by atoms with van der Waals surface area (Å²) in [5.41, 5.74) is 2.76. The molecular weight excluding hydrogens is 338 g/mol. The van der Waals surface area contributed by atoms with E-state index in [1.807, 2.05) is 53.6 Å². The minimum absolute atomic E-state index is 0.00582. The molecular formula is C21H29N5O. The van der Waals surface area contributed by atoms with E-state index in [2.05, 4.69) is 47.7 Å². The van der Waals surface area contributed by atoms with E-state index in [4.69, 9.17) is 0 Å². The number of nitrogens with one attached hydrogen (secondary N) is 1. The molecule has 1 N–H and O–H groups in total. The minimum atomic E-state index is -0.214. The molecule has 27 heavy (non-hydrogen) atoms. The lowest BCUT2D eigenvalue weighted by molar-refractivity contribution is -0.119. The molecule has 6 heteroatoms. The number of imidazole rings is 1. The zero-order valence-corrected chi connectivity index (χ0v) is 16.6. The van der Waals surface area contributed by atoms with Crippen molar-refractivity contribution in [2.24, 2.45) is 5.92 Å². The lowest BCUT2D eigenvalue weighted by atomic mass is 10.0. The summed E-state index contributed by atoms with van der Waals surface area (Å²) >= 11 is 0. The first-order chi connectivity index (χ1) is 12.9. The number of fused-ring (bicyclic) bond motifs is 1. The molecule has 2 aromatic heterocycles. The molecule has 0 saturated carbocycles. The number of benzene rings is 1. The van der Waals surface area contributed by atoms with Gasteiger partial charge in [-0.25, -0.2) is 4.98 Å². The van der Waals surface area contributed by atoms with Gasteiger partial charge in [-0.3, -0.25) is 4.79 Å². The topological polar surface area (TPSA) is 55.1 Å². The molecule has 0 aliphatic carbocycles. The average Bonchev–Trinajstić information content (AvgIpc) is 3.27. The van der Waals surface area contributed by atoms with E-state index in [1.54, 1.807) is 0 Å². The maximum Gasteiger partial charge on any atom is 0.247 e. The average molecular weight is 367 g/mol. The fourth-order valence-electron chi connectivity index (χ4n) is 3.22. The van der Waals surface area contributed by atoms with Crippen molar-refractivity contribution in [3.8, 4) is 0 Å². The van der Waals surface area contributed by atoms with Crippen molar-refractivity contribution in [1.82, 2.24) is 19.0 Å². The van der Waals surface area contributed by atoms with Crippen molar-refractivity contribution >= 4 is 22.6 Å². The van der Waals surface area contributed by atoms with Gasteiger partial charge in [-0.2, -0.15) is 0 Å². The van der Waals surface area contributed by atoms with Crippen LogP contribution in [0.5, 0.6) is 0 Å². The third-order valence-corrected chi connectivity index (χ3v) is 4.66. The zero-order valence-electron chi connectivity index (χ0n) is 16.6. The Kier molecular flexibility index (Phi) is 5.96. The highest BCUT2D eigenvalue weighted by Gasteiger charge is 2.21. The van der Waals surface area contributed by atoms with Crippen molar-refractivity contribution in [2.75, 3.05) is 26.0 Å². The minimum Gasteiger partial charge on any atom is -0.342 e. The smallest absolute Gasteiger partial charge is 0.247 e. The Morgan fingerprint density at radius 1 is 1.22 bits per heavy atom. The first-order valence-corrected chi connectivity index (χ1v) is 9.47. The highest BCUT2D eigenvalue weighted by atomic mass is 16.2. The standard InChI is InChI=1S/C21H29N5O/c1-16(2)13-20(25-9-5-6-10-25)21(27)23-17-7-8-19-18(14-17)22-15-26(19)12-11-24(3)4/h5-10,14-16,20H,11-13H2,1-4H3,(H,23,27)/t20-/m1/s1. The van der Waals surface area contributed by atoms with E-state index in [1.165, 1.54) is 0 Å². The molecule has 6 nitrogen and oxygen atoms in total. The number of aromatic nitrogens is 3. The maximum atomic E-state index is 12.9. The molecule has 0 aliphatic rings. The van der Waals surface area contributed by atoms with Crippen molar-refractivity contribution in [3.63, 3.8) is 0 Å². The van der Waals surface area contributed by atoms with Gasteiger partial charge in [0.15, 0.2) is 0 Å². The summed E-state index contributed by atoms with van der Waals surface area (Å²) in [5.74, 6) is 0.435. The summed E-state index contributed by atoms with van der Waals surface area (Å²) in [6.07, 6.45) is 6.55. The second-order valence-electron chi connectivity index (χ2n) is 7.71. The quantitative estimate of drug-likeness (QED) is 0.661. The van der Waals surface area contributed by atoms with Gasteiger partial charge >= 0.3 is 0 Å². The largest absolute Gasteiger partial charge is 0.342 e. The second kappa shape index (κ2) is 8.39. The number of hydrogen-bond donors (Lipinski definition) is 1. The van der Waals surface area contributed by atoms with Gasteiger partial charge in [-0.05, 0) is 56.8 Å². The zero-order chi connectivity index (χ0) is 19.4. The van der Waals surface area contributed by atoms with Gasteiger partial charge < -0.3 is 19.4 Å². The molecule has 0 radical (unpaired) electrons. The Balaban J connectivity index is 1.76. The van der Waals surface area contributed by atoms with Crippen LogP contribution >= 0.6 is 0 Å². The molecule has 3 rings (SSSR count). The fraction of sp³-hybridized carbons (Fsp3) is 0.429. The van der Waals surface area contributed by atoms with Crippen LogP contribution in [-0.2, 0) is 11.3 Å². The molecule has 1 aromatic carbocycles. The van der Waals surface area contributed by atoms with Gasteiger partial charge in [0.05, 0.1) is 17.4 Å². The van der Waals surface area contributed by atoms with Crippen molar-refractivity contribution in [1.29, 1.82) is 0 Å². The van der Waals surface area contributed by atoms with Crippen LogP contribution in [0.3, 0.4) is 0 Å². The van der Waals surface area contributed by atoms with Crippen molar-refractivity contribution < 1.29 is 4.79 Å². The van der Waals surface area contributed by atoms with Crippen LogP contribution in [0.1, 0.15) is 26.3 Å². The van der Waals surface area contributed by atoms with Gasteiger partial charge in [0.25, 0.3) is 0 Å². The molecule has 0 fully saturated rings. The van der Waals surface area contributed by atoms with E-state index in [0.717, 1.165) is 36.2 Å². The third-order valence-electron chi connectivity index (χ3n) is 4.66. The predicted octanol–water partition coefficient (Wildman–Crippen LogP) is 3.63. The van der Waals surface area contributed by atoms with E-state index in [0.29, 0.717) is 5.92 Å². The number of rotatable bonds is 8. The lowest BCUT2D eigenvalue weighted by Gasteiger charge is -2.20. The number of nitrogens with zero attached hydrogens (tertiary/aromatic N) is 4. The molecule has 0 saturated heterocycles. The summed E-state index contributed by atoms with van der Waals surface area (Å²) in [4.78, 5) is 19.5. The number of carbonyl (C=O) groups is 1. The summed E-state index contributed by atoms with van der Waals surface area (Å²) in [6.45, 7) is 6.11. The lowest BCUT2D eigenvalue weighted by Crippen LogP contribution is -2.26. The highest BCUT2D eigenvalue weighted by Crippen LogP contribution is 2.22. The van der Waals surface area contributed by atoms with E-state index in [-0.39, 0.29) is 11.9 Å². The van der Waals surface area contributed by atoms with Crippen LogP contribution in [0, 0.1) is 5.92 Å². The number of likely N-dealkylation sites (N-methyl/N-ethyl adjacent to an activating group) is 1. The Hall–Kier alpha value is -2.60. The first kappa shape index (κ1) is 19.2. The van der Waals surface area contributed by atoms with Gasteiger partial charge in [0, 0.05) is 31.2 Å². The highest BCUT2D eigenvalue weighted by molar-refractivity contribution is 5.95. The first-order valence-electron chi connectivity index (χ1n) is 9.47. The van der Waals surface area contributed by atoms with E-state index < -0.39 is 0 Å². The summed E-state index contributed by atoms with van der Waals surface area (Å²) < 4.78 is 4.12. The van der Waals surface area contributed by atoms with Gasteiger partial charge in [0.1, 0.15) is 6.04 Å². The van der Waals surface area contributed by atoms with Crippen LogP contribution in [0.15, 0.2) is 49.1 Å². The fourth-order valence-corrected chi connectivity index (χ4v) is 3.22. The SMILES string of the molecule is CC(C)C[C@H](C(=O)Nc1ccc2c(c1)ncn2CCN(C)C)n1cccc1. The second-order valence-corrected chi connectivity index (χ2v) is 7.71. The monoisotopic (exact) mass is 367 g/mol. The van der Waals surface area contributed by atoms with Crippen LogP contribution in [0.2, 0.25) is 0 Å². The Morgan fingerprint density at radius 2 is 1.96 bits per heavy atom. The summed E-state index contributed by atoms with van der Waals surface area (Å²) in [5, 5.41) is 3.07. The number of hydrogen-bond acceptors (Lipinski definition) is 3. The van der Waals surface area contributed by atoms with Gasteiger partial charge in [-0.1, -0.05) is 13.8 Å².